The normalized spacial score (nSPS) is 10.2. The van der Waals surface area contributed by atoms with Gasteiger partial charge in [0.2, 0.25) is 0 Å². The van der Waals surface area contributed by atoms with Crippen molar-refractivity contribution < 1.29 is 0 Å². The lowest BCUT2D eigenvalue weighted by atomic mass is 10.0. The molecule has 0 aliphatic rings. The van der Waals surface area contributed by atoms with Crippen molar-refractivity contribution in [2.75, 3.05) is 0 Å². The monoisotopic (exact) mass is 258 g/mol. The van der Waals surface area contributed by atoms with E-state index < -0.39 is 0 Å². The lowest BCUT2D eigenvalue weighted by Crippen LogP contribution is -1.84. The van der Waals surface area contributed by atoms with E-state index in [1.54, 1.807) is 0 Å². The molecule has 0 radical (unpaired) electrons. The summed E-state index contributed by atoms with van der Waals surface area (Å²) in [5, 5.41) is 2.45. The Morgan fingerprint density at radius 3 is 2.27 bits per heavy atom. The first-order valence-corrected chi connectivity index (χ1v) is 5.51. The highest BCUT2D eigenvalue weighted by Gasteiger charge is 2.03. The number of halogens is 1. The van der Waals surface area contributed by atoms with Crippen LogP contribution in [-0.4, -0.2) is 0 Å². The average Bonchev–Trinajstić information content (AvgIpc) is 2.27. The van der Waals surface area contributed by atoms with Crippen molar-refractivity contribution in [1.82, 2.24) is 0 Å². The molecule has 0 saturated heterocycles. The molecular formula is C14H11Br. The molecule has 15 heavy (non-hydrogen) atoms. The quantitative estimate of drug-likeness (QED) is 0.723. The molecule has 2 aromatic rings. The van der Waals surface area contributed by atoms with Gasteiger partial charge in [-0.05, 0) is 34.0 Å². The molecule has 0 aliphatic heterocycles. The van der Waals surface area contributed by atoms with Crippen LogP contribution in [0.15, 0.2) is 49.6 Å². The molecule has 0 nitrogen and oxygen atoms in total. The van der Waals surface area contributed by atoms with E-state index >= 15 is 0 Å². The lowest BCUT2D eigenvalue weighted by Gasteiger charge is -2.07. The molecule has 0 bridgehead atoms. The second kappa shape index (κ2) is 4.03. The minimum atomic E-state index is 0.892. The van der Waals surface area contributed by atoms with E-state index in [1.165, 1.54) is 10.8 Å². The van der Waals surface area contributed by atoms with Crippen LogP contribution in [0.4, 0.5) is 0 Å². The molecule has 2 rings (SSSR count). The molecule has 0 aromatic heterocycles. The van der Waals surface area contributed by atoms with Crippen molar-refractivity contribution >= 4 is 37.3 Å². The van der Waals surface area contributed by atoms with Crippen LogP contribution in [0, 0.1) is 0 Å². The summed E-state index contributed by atoms with van der Waals surface area (Å²) in [5.74, 6) is 0. The number of hydrogen-bond acceptors (Lipinski definition) is 0. The van der Waals surface area contributed by atoms with Crippen molar-refractivity contribution in [1.29, 1.82) is 0 Å². The Labute approximate surface area is 98.1 Å². The van der Waals surface area contributed by atoms with Crippen molar-refractivity contribution in [3.63, 3.8) is 0 Å². The largest absolute Gasteiger partial charge is 0.0984 e. The Hall–Kier alpha value is -1.34. The van der Waals surface area contributed by atoms with Gasteiger partial charge in [-0.25, -0.2) is 0 Å². The molecule has 0 unspecified atom stereocenters. The van der Waals surface area contributed by atoms with Gasteiger partial charge in [-0.15, -0.1) is 0 Å². The van der Waals surface area contributed by atoms with E-state index in [0.29, 0.717) is 0 Å². The minimum Gasteiger partial charge on any atom is -0.0984 e. The third kappa shape index (κ3) is 1.88. The molecule has 2 aromatic carbocycles. The van der Waals surface area contributed by atoms with E-state index in [1.807, 2.05) is 18.2 Å². The summed E-state index contributed by atoms with van der Waals surface area (Å²) < 4.78 is 0.892. The Bertz CT molecular complexity index is 538. The molecule has 0 fully saturated rings. The van der Waals surface area contributed by atoms with Crippen molar-refractivity contribution in [2.24, 2.45) is 0 Å². The number of rotatable bonds is 2. The van der Waals surface area contributed by atoms with Crippen LogP contribution in [0.1, 0.15) is 11.1 Å². The third-order valence-corrected chi connectivity index (χ3v) is 2.86. The van der Waals surface area contributed by atoms with Crippen molar-refractivity contribution in [3.8, 4) is 0 Å². The van der Waals surface area contributed by atoms with Gasteiger partial charge in [0.15, 0.2) is 0 Å². The fourth-order valence-electron chi connectivity index (χ4n) is 1.66. The van der Waals surface area contributed by atoms with E-state index in [-0.39, 0.29) is 0 Å². The number of fused-ring (bicyclic) bond motifs is 1. The molecule has 0 spiro atoms. The van der Waals surface area contributed by atoms with E-state index in [9.17, 15) is 0 Å². The zero-order valence-electron chi connectivity index (χ0n) is 8.33. The number of benzene rings is 2. The summed E-state index contributed by atoms with van der Waals surface area (Å²) in [4.78, 5) is 0. The molecule has 0 atom stereocenters. The van der Waals surface area contributed by atoms with E-state index in [0.717, 1.165) is 15.6 Å². The van der Waals surface area contributed by atoms with Crippen molar-refractivity contribution in [3.05, 3.63) is 60.7 Å². The highest BCUT2D eigenvalue weighted by molar-refractivity contribution is 9.15. The maximum absolute atomic E-state index is 3.91. The van der Waals surface area contributed by atoms with Crippen molar-refractivity contribution in [2.45, 2.75) is 0 Å². The standard InChI is InChI=1S/C14H11Br/c1-3-11-8-12-6-4-5-7-13(12)9-14(11)10(2)15/h3-9H,1-2H2. The third-order valence-electron chi connectivity index (χ3n) is 2.43. The van der Waals surface area contributed by atoms with Gasteiger partial charge >= 0.3 is 0 Å². The van der Waals surface area contributed by atoms with Crippen LogP contribution in [0.3, 0.4) is 0 Å². The summed E-state index contributed by atoms with van der Waals surface area (Å²) in [6.45, 7) is 7.73. The molecule has 0 heterocycles. The molecular weight excluding hydrogens is 248 g/mol. The summed E-state index contributed by atoms with van der Waals surface area (Å²) in [6, 6.07) is 12.5. The van der Waals surface area contributed by atoms with Gasteiger partial charge in [0.1, 0.15) is 0 Å². The van der Waals surface area contributed by atoms with Gasteiger partial charge < -0.3 is 0 Å². The summed E-state index contributed by atoms with van der Waals surface area (Å²) in [6.07, 6.45) is 1.86. The highest BCUT2D eigenvalue weighted by atomic mass is 79.9. The second-order valence-electron chi connectivity index (χ2n) is 3.40. The Morgan fingerprint density at radius 1 is 1.13 bits per heavy atom. The zero-order valence-corrected chi connectivity index (χ0v) is 9.92. The Kier molecular flexibility index (Phi) is 2.74. The molecule has 0 aliphatic carbocycles. The fourth-order valence-corrected chi connectivity index (χ4v) is 2.01. The predicted molar refractivity (Wildman–Crippen MR) is 72.0 cm³/mol. The molecule has 0 N–H and O–H groups in total. The molecule has 1 heteroatoms. The smallest absolute Gasteiger partial charge is 0.0182 e. The van der Waals surface area contributed by atoms with E-state index in [4.69, 9.17) is 0 Å². The van der Waals surface area contributed by atoms with Crippen LogP contribution in [-0.2, 0) is 0 Å². The van der Waals surface area contributed by atoms with Crippen LogP contribution >= 0.6 is 15.9 Å². The van der Waals surface area contributed by atoms with Gasteiger partial charge in [-0.1, -0.05) is 59.4 Å². The molecule has 0 amide bonds. The number of hydrogen-bond donors (Lipinski definition) is 0. The SMILES string of the molecule is C=Cc1cc2ccccc2cc1C(=C)Br. The summed E-state index contributed by atoms with van der Waals surface area (Å²) in [7, 11) is 0. The van der Waals surface area contributed by atoms with Gasteiger partial charge in [-0.3, -0.25) is 0 Å². The second-order valence-corrected chi connectivity index (χ2v) is 4.35. The first-order valence-electron chi connectivity index (χ1n) is 4.72. The first kappa shape index (κ1) is 10.2. The summed E-state index contributed by atoms with van der Waals surface area (Å²) in [5.41, 5.74) is 2.21. The van der Waals surface area contributed by atoms with Crippen LogP contribution in [0.2, 0.25) is 0 Å². The van der Waals surface area contributed by atoms with Crippen LogP contribution in [0.25, 0.3) is 21.3 Å². The highest BCUT2D eigenvalue weighted by Crippen LogP contribution is 2.28. The lowest BCUT2D eigenvalue weighted by molar-refractivity contribution is 1.66. The van der Waals surface area contributed by atoms with Gasteiger partial charge in [0.05, 0.1) is 0 Å². The maximum Gasteiger partial charge on any atom is 0.0182 e. The maximum atomic E-state index is 3.91. The van der Waals surface area contributed by atoms with Crippen LogP contribution in [0.5, 0.6) is 0 Å². The fraction of sp³-hybridized carbons (Fsp3) is 0. The average molecular weight is 259 g/mol. The van der Waals surface area contributed by atoms with E-state index in [2.05, 4.69) is 53.4 Å². The van der Waals surface area contributed by atoms with Gasteiger partial charge in [0.25, 0.3) is 0 Å². The summed E-state index contributed by atoms with van der Waals surface area (Å²) >= 11 is 3.42. The zero-order chi connectivity index (χ0) is 10.8. The topological polar surface area (TPSA) is 0 Å². The predicted octanol–water partition coefficient (Wildman–Crippen LogP) is 4.85. The Morgan fingerprint density at radius 2 is 1.73 bits per heavy atom. The molecule has 0 saturated carbocycles. The molecule has 74 valence electrons. The Balaban J connectivity index is 2.80. The minimum absolute atomic E-state index is 0.892. The van der Waals surface area contributed by atoms with Gasteiger partial charge in [-0.2, -0.15) is 0 Å². The van der Waals surface area contributed by atoms with Gasteiger partial charge in [0, 0.05) is 4.48 Å². The first-order chi connectivity index (χ1) is 7.22. The van der Waals surface area contributed by atoms with Crippen LogP contribution < -0.4 is 0 Å².